The van der Waals surface area contributed by atoms with E-state index in [0.717, 1.165) is 12.0 Å². The highest BCUT2D eigenvalue weighted by atomic mass is 16.6. The van der Waals surface area contributed by atoms with Crippen molar-refractivity contribution < 1.29 is 19.5 Å². The van der Waals surface area contributed by atoms with Crippen molar-refractivity contribution in [3.05, 3.63) is 39.9 Å². The lowest BCUT2D eigenvalue weighted by molar-refractivity contribution is -0.384. The number of nitro benzene ring substituents is 1. The van der Waals surface area contributed by atoms with Crippen molar-refractivity contribution in [2.75, 3.05) is 40.0 Å². The normalized spacial score (nSPS) is 12.3. The molecule has 0 aliphatic heterocycles. The van der Waals surface area contributed by atoms with E-state index < -0.39 is 11.0 Å². The molecule has 1 aromatic rings. The highest BCUT2D eigenvalue weighted by Crippen LogP contribution is 2.11. The van der Waals surface area contributed by atoms with Crippen LogP contribution in [-0.4, -0.2) is 56.2 Å². The first-order chi connectivity index (χ1) is 10.1. The lowest BCUT2D eigenvalue weighted by Gasteiger charge is -2.12. The summed E-state index contributed by atoms with van der Waals surface area (Å²) in [5.41, 5.74) is 1.11. The third-order valence-corrected chi connectivity index (χ3v) is 2.86. The van der Waals surface area contributed by atoms with Gasteiger partial charge >= 0.3 is 0 Å². The molecule has 0 saturated carbocycles. The summed E-state index contributed by atoms with van der Waals surface area (Å²) in [6.45, 7) is 2.39. The van der Waals surface area contributed by atoms with Crippen molar-refractivity contribution in [1.29, 1.82) is 0 Å². The van der Waals surface area contributed by atoms with Gasteiger partial charge in [0.05, 0.1) is 30.8 Å². The number of rotatable bonds is 11. The van der Waals surface area contributed by atoms with Crippen LogP contribution in [0.5, 0.6) is 0 Å². The molecule has 1 aromatic carbocycles. The molecule has 0 amide bonds. The lowest BCUT2D eigenvalue weighted by atomic mass is 10.1. The number of aliphatic hydroxyl groups excluding tert-OH is 1. The minimum absolute atomic E-state index is 0.0929. The predicted molar refractivity (Wildman–Crippen MR) is 78.4 cm³/mol. The Balaban J connectivity index is 2.11. The molecule has 0 aliphatic rings. The summed E-state index contributed by atoms with van der Waals surface area (Å²) in [5, 5.41) is 23.3. The molecule has 1 atom stereocenters. The van der Waals surface area contributed by atoms with Gasteiger partial charge < -0.3 is 19.9 Å². The van der Waals surface area contributed by atoms with Crippen LogP contribution in [0.15, 0.2) is 24.3 Å². The fourth-order valence-electron chi connectivity index (χ4n) is 1.71. The smallest absolute Gasteiger partial charge is 0.269 e. The van der Waals surface area contributed by atoms with Gasteiger partial charge in [0.25, 0.3) is 5.69 Å². The van der Waals surface area contributed by atoms with Crippen molar-refractivity contribution in [3.8, 4) is 0 Å². The second-order valence-corrected chi connectivity index (χ2v) is 4.60. The second kappa shape index (κ2) is 10.2. The van der Waals surface area contributed by atoms with Crippen LogP contribution in [0, 0.1) is 10.1 Å². The molecule has 1 rings (SSSR count). The number of non-ortho nitro benzene ring substituents is 1. The minimum atomic E-state index is -0.557. The van der Waals surface area contributed by atoms with E-state index in [1.165, 1.54) is 12.1 Å². The summed E-state index contributed by atoms with van der Waals surface area (Å²) < 4.78 is 10.0. The zero-order valence-electron chi connectivity index (χ0n) is 12.2. The average Bonchev–Trinajstić information content (AvgIpc) is 2.48. The van der Waals surface area contributed by atoms with Crippen molar-refractivity contribution in [2.24, 2.45) is 0 Å². The monoisotopic (exact) mass is 298 g/mol. The first-order valence-corrected chi connectivity index (χ1v) is 6.82. The lowest BCUT2D eigenvalue weighted by Crippen LogP contribution is -2.32. The Kier molecular flexibility index (Phi) is 8.53. The second-order valence-electron chi connectivity index (χ2n) is 4.60. The summed E-state index contributed by atoms with van der Waals surface area (Å²) in [6, 6.07) is 6.47. The van der Waals surface area contributed by atoms with Crippen LogP contribution in [0.2, 0.25) is 0 Å². The third-order valence-electron chi connectivity index (χ3n) is 2.86. The molecule has 0 spiro atoms. The summed E-state index contributed by atoms with van der Waals surface area (Å²) in [4.78, 5) is 10.1. The molecule has 118 valence electrons. The molecule has 7 heteroatoms. The van der Waals surface area contributed by atoms with E-state index >= 15 is 0 Å². The van der Waals surface area contributed by atoms with Crippen molar-refractivity contribution >= 4 is 5.69 Å². The molecule has 1 unspecified atom stereocenters. The average molecular weight is 298 g/mol. The van der Waals surface area contributed by atoms with Crippen LogP contribution >= 0.6 is 0 Å². The Hall–Kier alpha value is -1.54. The highest BCUT2D eigenvalue weighted by molar-refractivity contribution is 5.32. The highest BCUT2D eigenvalue weighted by Gasteiger charge is 2.05. The maximum Gasteiger partial charge on any atom is 0.269 e. The Morgan fingerprint density at radius 2 is 2.05 bits per heavy atom. The molecule has 0 aliphatic carbocycles. The molecule has 0 aromatic heterocycles. The minimum Gasteiger partial charge on any atom is -0.389 e. The quantitative estimate of drug-likeness (QED) is 0.356. The standard InChI is InChI=1S/C14H22N2O5/c1-20-8-9-21-11-14(17)10-15-7-6-12-2-4-13(5-3-12)16(18)19/h2-5,14-15,17H,6-11H2,1H3. The number of hydrogen-bond acceptors (Lipinski definition) is 6. The Bertz CT molecular complexity index is 410. The van der Waals surface area contributed by atoms with Gasteiger partial charge in [0, 0.05) is 25.8 Å². The predicted octanol–water partition coefficient (Wildman–Crippen LogP) is 0.751. The van der Waals surface area contributed by atoms with Gasteiger partial charge in [0.2, 0.25) is 0 Å². The molecule has 0 radical (unpaired) electrons. The number of nitro groups is 1. The van der Waals surface area contributed by atoms with Gasteiger partial charge in [-0.3, -0.25) is 10.1 Å². The van der Waals surface area contributed by atoms with Crippen molar-refractivity contribution in [3.63, 3.8) is 0 Å². The van der Waals surface area contributed by atoms with Gasteiger partial charge in [-0.1, -0.05) is 12.1 Å². The van der Waals surface area contributed by atoms with Gasteiger partial charge in [0.15, 0.2) is 0 Å². The fraction of sp³-hybridized carbons (Fsp3) is 0.571. The van der Waals surface area contributed by atoms with E-state index in [9.17, 15) is 15.2 Å². The number of hydrogen-bond donors (Lipinski definition) is 2. The molecule has 2 N–H and O–H groups in total. The van der Waals surface area contributed by atoms with Crippen LogP contribution in [0.4, 0.5) is 5.69 Å². The number of aliphatic hydroxyl groups is 1. The van der Waals surface area contributed by atoms with E-state index in [2.05, 4.69) is 5.32 Å². The van der Waals surface area contributed by atoms with Gasteiger partial charge in [-0.15, -0.1) is 0 Å². The maximum absolute atomic E-state index is 10.5. The molecule has 0 bridgehead atoms. The van der Waals surface area contributed by atoms with Crippen LogP contribution in [0.25, 0.3) is 0 Å². The zero-order chi connectivity index (χ0) is 15.5. The van der Waals surface area contributed by atoms with E-state index in [4.69, 9.17) is 9.47 Å². The summed E-state index contributed by atoms with van der Waals surface area (Å²) in [6.07, 6.45) is 0.189. The van der Waals surface area contributed by atoms with E-state index in [1.54, 1.807) is 19.2 Å². The van der Waals surface area contributed by atoms with Gasteiger partial charge in [-0.25, -0.2) is 0 Å². The molecular formula is C14H22N2O5. The van der Waals surface area contributed by atoms with Crippen molar-refractivity contribution in [1.82, 2.24) is 5.32 Å². The Morgan fingerprint density at radius 3 is 2.67 bits per heavy atom. The van der Waals surface area contributed by atoms with Gasteiger partial charge in [-0.05, 0) is 18.5 Å². The summed E-state index contributed by atoms with van der Waals surface area (Å²) in [7, 11) is 1.60. The van der Waals surface area contributed by atoms with Gasteiger partial charge in [-0.2, -0.15) is 0 Å². The first kappa shape index (κ1) is 17.5. The number of ether oxygens (including phenoxy) is 2. The number of nitrogens with zero attached hydrogens (tertiary/aromatic N) is 1. The fourth-order valence-corrected chi connectivity index (χ4v) is 1.71. The van der Waals surface area contributed by atoms with E-state index in [0.29, 0.717) is 26.3 Å². The number of nitrogens with one attached hydrogen (secondary N) is 1. The molecule has 0 fully saturated rings. The Morgan fingerprint density at radius 1 is 1.33 bits per heavy atom. The summed E-state index contributed by atoms with van der Waals surface area (Å²) >= 11 is 0. The number of benzene rings is 1. The van der Waals surface area contributed by atoms with E-state index in [1.807, 2.05) is 0 Å². The molecule has 0 saturated heterocycles. The Labute approximate surface area is 124 Å². The maximum atomic E-state index is 10.5. The van der Waals surface area contributed by atoms with Crippen LogP contribution in [0.3, 0.4) is 0 Å². The van der Waals surface area contributed by atoms with Gasteiger partial charge in [0.1, 0.15) is 0 Å². The molecule has 0 heterocycles. The molecular weight excluding hydrogens is 276 g/mol. The largest absolute Gasteiger partial charge is 0.389 e. The molecule has 7 nitrogen and oxygen atoms in total. The summed E-state index contributed by atoms with van der Waals surface area (Å²) in [5.74, 6) is 0. The van der Waals surface area contributed by atoms with Crippen molar-refractivity contribution in [2.45, 2.75) is 12.5 Å². The van der Waals surface area contributed by atoms with E-state index in [-0.39, 0.29) is 12.3 Å². The van der Waals surface area contributed by atoms with Crippen LogP contribution < -0.4 is 5.32 Å². The SMILES string of the molecule is COCCOCC(O)CNCCc1ccc([N+](=O)[O-])cc1. The van der Waals surface area contributed by atoms with Crippen LogP contribution in [0.1, 0.15) is 5.56 Å². The first-order valence-electron chi connectivity index (χ1n) is 6.82. The molecule has 21 heavy (non-hydrogen) atoms. The number of methoxy groups -OCH3 is 1. The third kappa shape index (κ3) is 7.72. The van der Waals surface area contributed by atoms with Crippen LogP contribution in [-0.2, 0) is 15.9 Å². The zero-order valence-corrected chi connectivity index (χ0v) is 12.2. The topological polar surface area (TPSA) is 93.9 Å².